The van der Waals surface area contributed by atoms with Crippen LogP contribution >= 0.6 is 0 Å². The number of benzene rings is 1. The molecular weight excluding hydrogens is 268 g/mol. The van der Waals surface area contributed by atoms with Crippen molar-refractivity contribution in [1.82, 2.24) is 5.32 Å². The SMILES string of the molecule is Cc1ccc(OCCCN)cc1C(=O)NC1CCOCC1. The summed E-state index contributed by atoms with van der Waals surface area (Å²) in [7, 11) is 0. The maximum atomic E-state index is 12.4. The van der Waals surface area contributed by atoms with Crippen LogP contribution in [-0.2, 0) is 4.74 Å². The van der Waals surface area contributed by atoms with Crippen LogP contribution < -0.4 is 15.8 Å². The highest BCUT2D eigenvalue weighted by molar-refractivity contribution is 5.96. The van der Waals surface area contributed by atoms with Crippen LogP contribution in [0.4, 0.5) is 0 Å². The van der Waals surface area contributed by atoms with E-state index in [1.54, 1.807) is 6.07 Å². The number of ether oxygens (including phenoxy) is 2. The number of rotatable bonds is 6. The summed E-state index contributed by atoms with van der Waals surface area (Å²) in [6.07, 6.45) is 2.55. The first-order valence-electron chi connectivity index (χ1n) is 7.53. The van der Waals surface area contributed by atoms with Gasteiger partial charge in [0.25, 0.3) is 5.91 Å². The number of nitrogens with one attached hydrogen (secondary N) is 1. The highest BCUT2D eigenvalue weighted by Gasteiger charge is 2.18. The summed E-state index contributed by atoms with van der Waals surface area (Å²) in [6.45, 7) is 4.53. The molecule has 0 unspecified atom stereocenters. The molecule has 0 aliphatic carbocycles. The van der Waals surface area contributed by atoms with E-state index in [0.29, 0.717) is 37.7 Å². The Morgan fingerprint density at radius 3 is 2.90 bits per heavy atom. The quantitative estimate of drug-likeness (QED) is 0.782. The Bertz CT molecular complexity index is 471. The van der Waals surface area contributed by atoms with E-state index in [4.69, 9.17) is 15.2 Å². The number of aryl methyl sites for hydroxylation is 1. The standard InChI is InChI=1S/C16H24N2O3/c1-12-3-4-14(21-8-2-7-17)11-15(12)16(19)18-13-5-9-20-10-6-13/h3-4,11,13H,2,5-10,17H2,1H3,(H,18,19). The predicted molar refractivity (Wildman–Crippen MR) is 81.7 cm³/mol. The molecule has 0 atom stereocenters. The molecule has 0 bridgehead atoms. The third-order valence-corrected chi connectivity index (χ3v) is 3.63. The first kappa shape index (κ1) is 15.8. The first-order chi connectivity index (χ1) is 10.2. The number of hydrogen-bond donors (Lipinski definition) is 2. The second-order valence-electron chi connectivity index (χ2n) is 5.33. The van der Waals surface area contributed by atoms with Gasteiger partial charge in [0.15, 0.2) is 0 Å². The zero-order valence-electron chi connectivity index (χ0n) is 12.6. The van der Waals surface area contributed by atoms with Crippen molar-refractivity contribution in [2.24, 2.45) is 5.73 Å². The summed E-state index contributed by atoms with van der Waals surface area (Å²) in [6, 6.07) is 5.81. The Morgan fingerprint density at radius 2 is 2.19 bits per heavy atom. The molecular formula is C16H24N2O3. The molecule has 1 fully saturated rings. The molecule has 5 nitrogen and oxygen atoms in total. The van der Waals surface area contributed by atoms with Gasteiger partial charge < -0.3 is 20.5 Å². The molecule has 1 saturated heterocycles. The molecule has 0 spiro atoms. The van der Waals surface area contributed by atoms with E-state index in [9.17, 15) is 4.79 Å². The topological polar surface area (TPSA) is 73.6 Å². The predicted octanol–water partition coefficient (Wildman–Crippen LogP) is 1.63. The van der Waals surface area contributed by atoms with Gasteiger partial charge in [0.05, 0.1) is 6.61 Å². The molecule has 0 aromatic heterocycles. The van der Waals surface area contributed by atoms with Crippen LogP contribution in [0.2, 0.25) is 0 Å². The maximum Gasteiger partial charge on any atom is 0.251 e. The summed E-state index contributed by atoms with van der Waals surface area (Å²) >= 11 is 0. The number of amides is 1. The van der Waals surface area contributed by atoms with Crippen LogP contribution in [0.25, 0.3) is 0 Å². The Kier molecular flexibility index (Phi) is 6.02. The molecule has 2 rings (SSSR count). The minimum Gasteiger partial charge on any atom is -0.494 e. The molecule has 1 aromatic carbocycles. The Labute approximate surface area is 125 Å². The van der Waals surface area contributed by atoms with Crippen LogP contribution in [-0.4, -0.2) is 38.3 Å². The monoisotopic (exact) mass is 292 g/mol. The highest BCUT2D eigenvalue weighted by Crippen LogP contribution is 2.18. The van der Waals surface area contributed by atoms with Gasteiger partial charge in [0, 0.05) is 24.8 Å². The summed E-state index contributed by atoms with van der Waals surface area (Å²) in [5.41, 5.74) is 7.07. The molecule has 1 amide bonds. The molecule has 0 saturated carbocycles. The lowest BCUT2D eigenvalue weighted by atomic mass is 10.1. The lowest BCUT2D eigenvalue weighted by molar-refractivity contribution is 0.0696. The largest absolute Gasteiger partial charge is 0.494 e. The van der Waals surface area contributed by atoms with Gasteiger partial charge in [0.2, 0.25) is 0 Å². The Hall–Kier alpha value is -1.59. The summed E-state index contributed by atoms with van der Waals surface area (Å²) in [5, 5.41) is 3.08. The van der Waals surface area contributed by atoms with Gasteiger partial charge in [-0.1, -0.05) is 6.07 Å². The fourth-order valence-electron chi connectivity index (χ4n) is 2.31. The molecule has 1 heterocycles. The fourth-order valence-corrected chi connectivity index (χ4v) is 2.31. The zero-order valence-corrected chi connectivity index (χ0v) is 12.6. The average molecular weight is 292 g/mol. The number of hydrogen-bond acceptors (Lipinski definition) is 4. The van der Waals surface area contributed by atoms with E-state index in [-0.39, 0.29) is 11.9 Å². The first-order valence-corrected chi connectivity index (χ1v) is 7.53. The number of carbonyl (C=O) groups is 1. The van der Waals surface area contributed by atoms with Crippen molar-refractivity contribution in [3.63, 3.8) is 0 Å². The van der Waals surface area contributed by atoms with Gasteiger partial charge in [-0.2, -0.15) is 0 Å². The fraction of sp³-hybridized carbons (Fsp3) is 0.562. The van der Waals surface area contributed by atoms with Crippen LogP contribution in [0, 0.1) is 6.92 Å². The Balaban J connectivity index is 1.99. The second-order valence-corrected chi connectivity index (χ2v) is 5.33. The molecule has 116 valence electrons. The van der Waals surface area contributed by atoms with Crippen LogP contribution in [0.1, 0.15) is 35.2 Å². The van der Waals surface area contributed by atoms with Crippen molar-refractivity contribution in [3.05, 3.63) is 29.3 Å². The van der Waals surface area contributed by atoms with Crippen molar-refractivity contribution >= 4 is 5.91 Å². The van der Waals surface area contributed by atoms with Gasteiger partial charge in [-0.25, -0.2) is 0 Å². The Morgan fingerprint density at radius 1 is 1.43 bits per heavy atom. The van der Waals surface area contributed by atoms with Crippen molar-refractivity contribution < 1.29 is 14.3 Å². The van der Waals surface area contributed by atoms with E-state index in [1.165, 1.54) is 0 Å². The summed E-state index contributed by atoms with van der Waals surface area (Å²) in [4.78, 5) is 12.4. The lowest BCUT2D eigenvalue weighted by Gasteiger charge is -2.23. The summed E-state index contributed by atoms with van der Waals surface area (Å²) < 4.78 is 10.9. The van der Waals surface area contributed by atoms with Crippen molar-refractivity contribution in [3.8, 4) is 5.75 Å². The van der Waals surface area contributed by atoms with Crippen molar-refractivity contribution in [1.29, 1.82) is 0 Å². The van der Waals surface area contributed by atoms with Crippen LogP contribution in [0.15, 0.2) is 18.2 Å². The average Bonchev–Trinajstić information content (AvgIpc) is 2.50. The van der Waals surface area contributed by atoms with Gasteiger partial charge in [-0.15, -0.1) is 0 Å². The van der Waals surface area contributed by atoms with E-state index in [0.717, 1.165) is 24.8 Å². The van der Waals surface area contributed by atoms with Gasteiger partial charge in [0.1, 0.15) is 5.75 Å². The smallest absolute Gasteiger partial charge is 0.251 e. The van der Waals surface area contributed by atoms with E-state index < -0.39 is 0 Å². The third kappa shape index (κ3) is 4.72. The maximum absolute atomic E-state index is 12.4. The van der Waals surface area contributed by atoms with E-state index >= 15 is 0 Å². The lowest BCUT2D eigenvalue weighted by Crippen LogP contribution is -2.39. The molecule has 3 N–H and O–H groups in total. The van der Waals surface area contributed by atoms with E-state index in [1.807, 2.05) is 19.1 Å². The minimum atomic E-state index is -0.0383. The molecule has 5 heteroatoms. The molecule has 1 aromatic rings. The van der Waals surface area contributed by atoms with Crippen LogP contribution in [0.3, 0.4) is 0 Å². The minimum absolute atomic E-state index is 0.0383. The van der Waals surface area contributed by atoms with Gasteiger partial charge >= 0.3 is 0 Å². The highest BCUT2D eigenvalue weighted by atomic mass is 16.5. The number of carbonyl (C=O) groups excluding carboxylic acids is 1. The molecule has 1 aliphatic heterocycles. The third-order valence-electron chi connectivity index (χ3n) is 3.63. The molecule has 21 heavy (non-hydrogen) atoms. The second kappa shape index (κ2) is 8.00. The molecule has 0 radical (unpaired) electrons. The zero-order chi connectivity index (χ0) is 15.1. The number of nitrogens with two attached hydrogens (primary N) is 1. The van der Waals surface area contributed by atoms with E-state index in [2.05, 4.69) is 5.32 Å². The summed E-state index contributed by atoms with van der Waals surface area (Å²) in [5.74, 6) is 0.676. The van der Waals surface area contributed by atoms with Gasteiger partial charge in [-0.05, 0) is 50.4 Å². The van der Waals surface area contributed by atoms with Crippen molar-refractivity contribution in [2.45, 2.75) is 32.2 Å². The molecule has 1 aliphatic rings. The van der Waals surface area contributed by atoms with Crippen LogP contribution in [0.5, 0.6) is 5.75 Å². The van der Waals surface area contributed by atoms with Crippen molar-refractivity contribution in [2.75, 3.05) is 26.4 Å². The van der Waals surface area contributed by atoms with Gasteiger partial charge in [-0.3, -0.25) is 4.79 Å². The normalized spacial score (nSPS) is 15.7.